The third-order valence-electron chi connectivity index (χ3n) is 4.10. The first-order chi connectivity index (χ1) is 12.4. The third kappa shape index (κ3) is 7.12. The van der Waals surface area contributed by atoms with Crippen molar-refractivity contribution in [1.29, 1.82) is 0 Å². The normalized spacial score (nSPS) is 18.0. The largest absolute Gasteiger partial charge is 0.444 e. The standard InChI is InChI=1S/C21H32N2O4/c1-20(2,3)26-18(24)22-17-11-9-15(10-12-17)16-8-7-13-23(14-16)19(25)27-21(4,5)6/h9-12,16H,7-8,13-14H2,1-6H3,(H,22,24)/t16-/m1/s1. The zero-order chi connectivity index (χ0) is 20.2. The van der Waals surface area contributed by atoms with Crippen molar-refractivity contribution >= 4 is 17.9 Å². The van der Waals surface area contributed by atoms with E-state index in [4.69, 9.17) is 9.47 Å². The van der Waals surface area contributed by atoms with Gasteiger partial charge in [-0.25, -0.2) is 9.59 Å². The van der Waals surface area contributed by atoms with Crippen LogP contribution in [0.3, 0.4) is 0 Å². The first-order valence-corrected chi connectivity index (χ1v) is 9.51. The Balaban J connectivity index is 1.96. The molecule has 1 saturated heterocycles. The van der Waals surface area contributed by atoms with Crippen molar-refractivity contribution in [2.45, 2.75) is 71.5 Å². The lowest BCUT2D eigenvalue weighted by Crippen LogP contribution is -2.42. The molecule has 0 bridgehead atoms. The van der Waals surface area contributed by atoms with Gasteiger partial charge in [0.15, 0.2) is 0 Å². The lowest BCUT2D eigenvalue weighted by Gasteiger charge is -2.34. The van der Waals surface area contributed by atoms with Crippen molar-refractivity contribution in [3.63, 3.8) is 0 Å². The van der Waals surface area contributed by atoms with Gasteiger partial charge in [0.2, 0.25) is 0 Å². The van der Waals surface area contributed by atoms with Crippen LogP contribution in [0.25, 0.3) is 0 Å². The van der Waals surface area contributed by atoms with E-state index in [0.717, 1.165) is 24.9 Å². The number of ether oxygens (including phenoxy) is 2. The fraction of sp³-hybridized carbons (Fsp3) is 0.619. The summed E-state index contributed by atoms with van der Waals surface area (Å²) in [5, 5.41) is 2.74. The third-order valence-corrected chi connectivity index (χ3v) is 4.10. The molecule has 1 aromatic rings. The molecule has 150 valence electrons. The Morgan fingerprint density at radius 1 is 1.00 bits per heavy atom. The molecule has 1 heterocycles. The Kier molecular flexibility index (Phi) is 6.39. The van der Waals surface area contributed by atoms with E-state index >= 15 is 0 Å². The molecule has 27 heavy (non-hydrogen) atoms. The van der Waals surface area contributed by atoms with E-state index in [1.807, 2.05) is 65.8 Å². The smallest absolute Gasteiger partial charge is 0.412 e. The Labute approximate surface area is 162 Å². The van der Waals surface area contributed by atoms with Crippen molar-refractivity contribution in [1.82, 2.24) is 4.90 Å². The predicted octanol–water partition coefficient (Wildman–Crippen LogP) is 5.15. The van der Waals surface area contributed by atoms with Gasteiger partial charge in [0, 0.05) is 24.7 Å². The van der Waals surface area contributed by atoms with Crippen LogP contribution in [0, 0.1) is 0 Å². The van der Waals surface area contributed by atoms with Crippen LogP contribution < -0.4 is 5.32 Å². The summed E-state index contributed by atoms with van der Waals surface area (Å²) in [4.78, 5) is 26.0. The summed E-state index contributed by atoms with van der Waals surface area (Å²) < 4.78 is 10.7. The first kappa shape index (κ1) is 21.1. The number of nitrogens with zero attached hydrogens (tertiary/aromatic N) is 1. The van der Waals surface area contributed by atoms with Crippen LogP contribution in [-0.2, 0) is 9.47 Å². The van der Waals surface area contributed by atoms with Crippen molar-refractivity contribution in [3.8, 4) is 0 Å². The molecule has 1 fully saturated rings. The summed E-state index contributed by atoms with van der Waals surface area (Å²) in [5.74, 6) is 0.266. The quantitative estimate of drug-likeness (QED) is 0.775. The van der Waals surface area contributed by atoms with E-state index in [0.29, 0.717) is 12.2 Å². The molecular formula is C21H32N2O4. The number of amides is 2. The SMILES string of the molecule is CC(C)(C)OC(=O)Nc1ccc([C@@H]2CCCN(C(=O)OC(C)(C)C)C2)cc1. The monoisotopic (exact) mass is 376 g/mol. The number of piperidine rings is 1. The lowest BCUT2D eigenvalue weighted by molar-refractivity contribution is 0.0198. The number of hydrogen-bond acceptors (Lipinski definition) is 4. The second-order valence-corrected chi connectivity index (χ2v) is 9.01. The Hall–Kier alpha value is -2.24. The van der Waals surface area contributed by atoms with E-state index < -0.39 is 17.3 Å². The van der Waals surface area contributed by atoms with Gasteiger partial charge in [-0.3, -0.25) is 5.32 Å². The van der Waals surface area contributed by atoms with Crippen LogP contribution in [0.2, 0.25) is 0 Å². The average Bonchev–Trinajstić information content (AvgIpc) is 2.52. The van der Waals surface area contributed by atoms with Crippen LogP contribution in [0.5, 0.6) is 0 Å². The van der Waals surface area contributed by atoms with Gasteiger partial charge in [-0.05, 0) is 72.1 Å². The summed E-state index contributed by atoms with van der Waals surface area (Å²) in [6, 6.07) is 7.73. The molecule has 0 spiro atoms. The highest BCUT2D eigenvalue weighted by molar-refractivity contribution is 5.84. The van der Waals surface area contributed by atoms with E-state index in [1.165, 1.54) is 0 Å². The van der Waals surface area contributed by atoms with E-state index in [-0.39, 0.29) is 12.0 Å². The van der Waals surface area contributed by atoms with Crippen LogP contribution in [-0.4, -0.2) is 41.4 Å². The molecule has 1 atom stereocenters. The maximum absolute atomic E-state index is 12.3. The molecule has 0 unspecified atom stereocenters. The summed E-state index contributed by atoms with van der Waals surface area (Å²) in [5.41, 5.74) is 0.821. The van der Waals surface area contributed by atoms with Crippen molar-refractivity contribution in [2.75, 3.05) is 18.4 Å². The number of nitrogens with one attached hydrogen (secondary N) is 1. The summed E-state index contributed by atoms with van der Waals surface area (Å²) in [6.45, 7) is 12.5. The Bertz CT molecular complexity index is 656. The molecule has 1 aromatic carbocycles. The number of anilines is 1. The highest BCUT2D eigenvalue weighted by Crippen LogP contribution is 2.28. The van der Waals surface area contributed by atoms with Gasteiger partial charge in [-0.1, -0.05) is 12.1 Å². The fourth-order valence-electron chi connectivity index (χ4n) is 3.00. The lowest BCUT2D eigenvalue weighted by atomic mass is 9.91. The van der Waals surface area contributed by atoms with E-state index in [1.54, 1.807) is 4.90 Å². The summed E-state index contributed by atoms with van der Waals surface area (Å²) >= 11 is 0. The van der Waals surface area contributed by atoms with Crippen molar-refractivity contribution < 1.29 is 19.1 Å². The molecular weight excluding hydrogens is 344 g/mol. The van der Waals surface area contributed by atoms with Gasteiger partial charge in [-0.15, -0.1) is 0 Å². The fourth-order valence-corrected chi connectivity index (χ4v) is 3.00. The molecule has 2 amide bonds. The second kappa shape index (κ2) is 8.19. The van der Waals surface area contributed by atoms with Gasteiger partial charge in [0.1, 0.15) is 11.2 Å². The van der Waals surface area contributed by atoms with Gasteiger partial charge in [0.25, 0.3) is 0 Å². The number of carbonyl (C=O) groups excluding carboxylic acids is 2. The minimum absolute atomic E-state index is 0.254. The Morgan fingerprint density at radius 2 is 1.59 bits per heavy atom. The molecule has 6 nitrogen and oxygen atoms in total. The Morgan fingerprint density at radius 3 is 2.15 bits per heavy atom. The molecule has 0 aliphatic carbocycles. The number of rotatable bonds is 2. The maximum atomic E-state index is 12.3. The van der Waals surface area contributed by atoms with Crippen LogP contribution in [0.1, 0.15) is 65.9 Å². The zero-order valence-electron chi connectivity index (χ0n) is 17.3. The minimum Gasteiger partial charge on any atom is -0.444 e. The highest BCUT2D eigenvalue weighted by atomic mass is 16.6. The summed E-state index contributed by atoms with van der Waals surface area (Å²) in [7, 11) is 0. The minimum atomic E-state index is -0.531. The van der Waals surface area contributed by atoms with Crippen LogP contribution >= 0.6 is 0 Å². The topological polar surface area (TPSA) is 67.9 Å². The zero-order valence-corrected chi connectivity index (χ0v) is 17.3. The number of likely N-dealkylation sites (tertiary alicyclic amines) is 1. The van der Waals surface area contributed by atoms with Gasteiger partial charge in [-0.2, -0.15) is 0 Å². The molecule has 0 saturated carbocycles. The molecule has 0 aromatic heterocycles. The average molecular weight is 376 g/mol. The van der Waals surface area contributed by atoms with Crippen LogP contribution in [0.15, 0.2) is 24.3 Å². The molecule has 1 aliphatic rings. The molecule has 2 rings (SSSR count). The van der Waals surface area contributed by atoms with Gasteiger partial charge in [0.05, 0.1) is 0 Å². The van der Waals surface area contributed by atoms with Gasteiger partial charge < -0.3 is 14.4 Å². The number of hydrogen-bond donors (Lipinski definition) is 1. The molecule has 1 aliphatic heterocycles. The highest BCUT2D eigenvalue weighted by Gasteiger charge is 2.28. The van der Waals surface area contributed by atoms with Gasteiger partial charge >= 0.3 is 12.2 Å². The van der Waals surface area contributed by atoms with E-state index in [2.05, 4.69) is 5.32 Å². The number of carbonyl (C=O) groups is 2. The summed E-state index contributed by atoms with van der Waals surface area (Å²) in [6.07, 6.45) is 1.25. The predicted molar refractivity (Wildman–Crippen MR) is 106 cm³/mol. The molecule has 6 heteroatoms. The second-order valence-electron chi connectivity index (χ2n) is 9.01. The van der Waals surface area contributed by atoms with Crippen molar-refractivity contribution in [2.24, 2.45) is 0 Å². The maximum Gasteiger partial charge on any atom is 0.412 e. The van der Waals surface area contributed by atoms with Crippen LogP contribution in [0.4, 0.5) is 15.3 Å². The van der Waals surface area contributed by atoms with Crippen molar-refractivity contribution in [3.05, 3.63) is 29.8 Å². The molecule has 0 radical (unpaired) electrons. The first-order valence-electron chi connectivity index (χ1n) is 9.51. The van der Waals surface area contributed by atoms with E-state index in [9.17, 15) is 9.59 Å². The number of benzene rings is 1. The molecule has 1 N–H and O–H groups in total.